The Morgan fingerprint density at radius 3 is 2.62 bits per heavy atom. The highest BCUT2D eigenvalue weighted by Gasteiger charge is 2.26. The summed E-state index contributed by atoms with van der Waals surface area (Å²) in [5.41, 5.74) is 1.12. The third-order valence-electron chi connectivity index (χ3n) is 4.23. The first-order chi connectivity index (χ1) is 12.5. The van der Waals surface area contributed by atoms with Crippen LogP contribution in [0.25, 0.3) is 11.0 Å². The average molecular weight is 373 g/mol. The van der Waals surface area contributed by atoms with Gasteiger partial charge in [-0.25, -0.2) is 4.79 Å². The molecule has 0 amide bonds. The number of esters is 1. The lowest BCUT2D eigenvalue weighted by atomic mass is 9.90. The van der Waals surface area contributed by atoms with E-state index in [4.69, 9.17) is 25.5 Å². The number of carbonyl (C=O) groups excluding carboxylic acids is 1. The van der Waals surface area contributed by atoms with Crippen LogP contribution in [0.1, 0.15) is 17.0 Å². The van der Waals surface area contributed by atoms with E-state index in [1.807, 2.05) is 18.2 Å². The predicted molar refractivity (Wildman–Crippen MR) is 98.9 cm³/mol. The molecule has 2 aromatic carbocycles. The van der Waals surface area contributed by atoms with Crippen molar-refractivity contribution < 1.29 is 18.7 Å². The van der Waals surface area contributed by atoms with E-state index < -0.39 is 17.5 Å². The molecular formula is C20H17ClO5. The molecule has 0 spiro atoms. The van der Waals surface area contributed by atoms with Gasteiger partial charge >= 0.3 is 11.6 Å². The highest BCUT2D eigenvalue weighted by atomic mass is 35.5. The van der Waals surface area contributed by atoms with Gasteiger partial charge in [0.1, 0.15) is 11.3 Å². The van der Waals surface area contributed by atoms with E-state index in [0.29, 0.717) is 33.7 Å². The summed E-state index contributed by atoms with van der Waals surface area (Å²) in [6.45, 7) is 0. The van der Waals surface area contributed by atoms with Gasteiger partial charge in [-0.2, -0.15) is 0 Å². The van der Waals surface area contributed by atoms with Crippen LogP contribution in [0, 0.1) is 0 Å². The van der Waals surface area contributed by atoms with Crippen molar-refractivity contribution in [3.8, 4) is 5.75 Å². The molecule has 0 saturated heterocycles. The molecule has 3 aromatic rings. The lowest BCUT2D eigenvalue weighted by Crippen LogP contribution is -2.19. The zero-order chi connectivity index (χ0) is 18.7. The van der Waals surface area contributed by atoms with Crippen LogP contribution in [0.3, 0.4) is 0 Å². The zero-order valence-electron chi connectivity index (χ0n) is 14.3. The summed E-state index contributed by atoms with van der Waals surface area (Å²) in [6.07, 6.45) is 0.303. The molecule has 6 heteroatoms. The van der Waals surface area contributed by atoms with Crippen LogP contribution < -0.4 is 10.4 Å². The van der Waals surface area contributed by atoms with Gasteiger partial charge in [0.05, 0.1) is 20.1 Å². The fourth-order valence-electron chi connectivity index (χ4n) is 2.93. The lowest BCUT2D eigenvalue weighted by molar-refractivity contribution is -0.142. The second-order valence-corrected chi connectivity index (χ2v) is 6.16. The van der Waals surface area contributed by atoms with E-state index in [1.54, 1.807) is 24.3 Å². The highest BCUT2D eigenvalue weighted by molar-refractivity contribution is 6.31. The Balaban J connectivity index is 2.16. The molecule has 0 aliphatic carbocycles. The van der Waals surface area contributed by atoms with Crippen molar-refractivity contribution >= 4 is 28.5 Å². The molecule has 0 fully saturated rings. The quantitative estimate of drug-likeness (QED) is 0.501. The molecule has 0 radical (unpaired) electrons. The van der Waals surface area contributed by atoms with Gasteiger partial charge in [0.2, 0.25) is 0 Å². The van der Waals surface area contributed by atoms with Crippen molar-refractivity contribution in [2.45, 2.75) is 12.3 Å². The topological polar surface area (TPSA) is 65.7 Å². The maximum absolute atomic E-state index is 12.5. The summed E-state index contributed by atoms with van der Waals surface area (Å²) < 4.78 is 15.4. The molecule has 0 N–H and O–H groups in total. The Hall–Kier alpha value is -2.79. The number of benzene rings is 2. The first kappa shape index (κ1) is 18.0. The van der Waals surface area contributed by atoms with Gasteiger partial charge in [-0.05, 0) is 35.7 Å². The first-order valence-electron chi connectivity index (χ1n) is 7.96. The summed E-state index contributed by atoms with van der Waals surface area (Å²) in [6, 6.07) is 13.7. The van der Waals surface area contributed by atoms with E-state index in [1.165, 1.54) is 20.3 Å². The van der Waals surface area contributed by atoms with Crippen molar-refractivity contribution in [2.24, 2.45) is 0 Å². The van der Waals surface area contributed by atoms with Gasteiger partial charge in [-0.15, -0.1) is 0 Å². The molecule has 1 aromatic heterocycles. The van der Waals surface area contributed by atoms with Gasteiger partial charge < -0.3 is 13.9 Å². The highest BCUT2D eigenvalue weighted by Crippen LogP contribution is 2.31. The molecule has 1 atom stereocenters. The average Bonchev–Trinajstić information content (AvgIpc) is 2.65. The minimum Gasteiger partial charge on any atom is -0.497 e. The minimum atomic E-state index is -0.695. The largest absolute Gasteiger partial charge is 0.497 e. The van der Waals surface area contributed by atoms with Gasteiger partial charge in [0, 0.05) is 22.5 Å². The van der Waals surface area contributed by atoms with E-state index in [2.05, 4.69) is 0 Å². The second kappa shape index (κ2) is 7.62. The van der Waals surface area contributed by atoms with Crippen molar-refractivity contribution in [3.63, 3.8) is 0 Å². The normalized spacial score (nSPS) is 12.0. The SMILES string of the molecule is COC(=O)C(Cc1ccccc1Cl)c1cc(=O)oc2cc(OC)ccc12. The summed E-state index contributed by atoms with van der Waals surface area (Å²) in [7, 11) is 2.84. The summed E-state index contributed by atoms with van der Waals surface area (Å²) in [4.78, 5) is 24.5. The van der Waals surface area contributed by atoms with Gasteiger partial charge in [-0.1, -0.05) is 29.8 Å². The van der Waals surface area contributed by atoms with Crippen LogP contribution in [-0.2, 0) is 16.0 Å². The standard InChI is InChI=1S/C20H17ClO5/c1-24-13-7-8-14-15(11-19(22)26-18(14)10-13)16(20(23)25-2)9-12-5-3-4-6-17(12)21/h3-8,10-11,16H,9H2,1-2H3. The Kier molecular flexibility index (Phi) is 5.28. The molecule has 1 heterocycles. The molecule has 0 aliphatic heterocycles. The molecule has 0 saturated carbocycles. The number of fused-ring (bicyclic) bond motifs is 1. The summed E-state index contributed by atoms with van der Waals surface area (Å²) in [5.74, 6) is -0.592. The van der Waals surface area contributed by atoms with Crippen LogP contribution in [0.15, 0.2) is 57.7 Å². The maximum Gasteiger partial charge on any atom is 0.336 e. The number of ether oxygens (including phenoxy) is 2. The smallest absolute Gasteiger partial charge is 0.336 e. The molecule has 1 unspecified atom stereocenters. The van der Waals surface area contributed by atoms with Crippen LogP contribution >= 0.6 is 11.6 Å². The Bertz CT molecular complexity index is 1010. The summed E-state index contributed by atoms with van der Waals surface area (Å²) >= 11 is 6.24. The van der Waals surface area contributed by atoms with Crippen LogP contribution in [0.2, 0.25) is 5.02 Å². The monoisotopic (exact) mass is 372 g/mol. The number of hydrogen-bond acceptors (Lipinski definition) is 5. The van der Waals surface area contributed by atoms with E-state index in [0.717, 1.165) is 5.56 Å². The molecule has 0 bridgehead atoms. The molecular weight excluding hydrogens is 356 g/mol. The number of halogens is 1. The summed E-state index contributed by atoms with van der Waals surface area (Å²) in [5, 5.41) is 1.20. The molecule has 3 rings (SSSR count). The van der Waals surface area contributed by atoms with Gasteiger partial charge in [0.15, 0.2) is 0 Å². The van der Waals surface area contributed by atoms with E-state index in [-0.39, 0.29) is 0 Å². The van der Waals surface area contributed by atoms with Crippen molar-refractivity contribution in [1.82, 2.24) is 0 Å². The van der Waals surface area contributed by atoms with Crippen LogP contribution in [-0.4, -0.2) is 20.2 Å². The maximum atomic E-state index is 12.5. The number of methoxy groups -OCH3 is 2. The number of carbonyl (C=O) groups is 1. The van der Waals surface area contributed by atoms with Crippen molar-refractivity contribution in [1.29, 1.82) is 0 Å². The predicted octanol–water partition coefficient (Wildman–Crippen LogP) is 3.95. The molecule has 134 valence electrons. The second-order valence-electron chi connectivity index (χ2n) is 5.75. The van der Waals surface area contributed by atoms with Crippen molar-refractivity contribution in [2.75, 3.05) is 14.2 Å². The molecule has 0 aliphatic rings. The van der Waals surface area contributed by atoms with Gasteiger partial charge in [0.25, 0.3) is 0 Å². The lowest BCUT2D eigenvalue weighted by Gasteiger charge is -2.17. The molecule has 26 heavy (non-hydrogen) atoms. The van der Waals surface area contributed by atoms with E-state index >= 15 is 0 Å². The van der Waals surface area contributed by atoms with Crippen LogP contribution in [0.5, 0.6) is 5.75 Å². The first-order valence-corrected chi connectivity index (χ1v) is 8.34. The Labute approximate surface area is 155 Å². The number of hydrogen-bond donors (Lipinski definition) is 0. The van der Waals surface area contributed by atoms with Gasteiger partial charge in [-0.3, -0.25) is 4.79 Å². The minimum absolute atomic E-state index is 0.303. The Morgan fingerprint density at radius 2 is 1.92 bits per heavy atom. The zero-order valence-corrected chi connectivity index (χ0v) is 15.1. The third-order valence-corrected chi connectivity index (χ3v) is 4.60. The van der Waals surface area contributed by atoms with Crippen molar-refractivity contribution in [3.05, 3.63) is 75.1 Å². The fraction of sp³-hybridized carbons (Fsp3) is 0.200. The molecule has 5 nitrogen and oxygen atoms in total. The third kappa shape index (κ3) is 3.58. The Morgan fingerprint density at radius 1 is 1.15 bits per heavy atom. The van der Waals surface area contributed by atoms with Crippen LogP contribution in [0.4, 0.5) is 0 Å². The van der Waals surface area contributed by atoms with E-state index in [9.17, 15) is 9.59 Å². The fourth-order valence-corrected chi connectivity index (χ4v) is 3.14. The number of rotatable bonds is 5.